The molecule has 1 radical (unpaired) electrons. The van der Waals surface area contributed by atoms with Crippen LogP contribution in [-0.2, 0) is 6.42 Å². The van der Waals surface area contributed by atoms with Crippen molar-refractivity contribution in [3.63, 3.8) is 0 Å². The molecule has 1 nitrogen and oxygen atoms in total. The first kappa shape index (κ1) is 12.4. The lowest BCUT2D eigenvalue weighted by Crippen LogP contribution is -1.92. The first-order valence-corrected chi connectivity index (χ1v) is 6.19. The Morgan fingerprint density at radius 2 is 2.00 bits per heavy atom. The number of rotatable bonds is 5. The molecule has 91 valence electrons. The molecule has 2 rings (SSSR count). The summed E-state index contributed by atoms with van der Waals surface area (Å²) in [6.45, 7) is 6.48. The molecule has 0 aliphatic rings. The zero-order chi connectivity index (χ0) is 12.8. The minimum absolute atomic E-state index is 0.693. The lowest BCUT2D eigenvalue weighted by molar-refractivity contribution is 0.340. The number of ether oxygens (including phenoxy) is 1. The van der Waals surface area contributed by atoms with Gasteiger partial charge in [0.05, 0.1) is 6.61 Å². The zero-order valence-electron chi connectivity index (χ0n) is 10.6. The number of benzene rings is 2. The van der Waals surface area contributed by atoms with Gasteiger partial charge in [0.1, 0.15) is 5.75 Å². The van der Waals surface area contributed by atoms with Crippen LogP contribution in [0, 0.1) is 6.07 Å². The van der Waals surface area contributed by atoms with E-state index < -0.39 is 0 Å². The topological polar surface area (TPSA) is 9.23 Å². The molecule has 0 saturated carbocycles. The minimum Gasteiger partial charge on any atom is -0.494 e. The highest BCUT2D eigenvalue weighted by atomic mass is 16.5. The molecule has 0 amide bonds. The van der Waals surface area contributed by atoms with E-state index in [0.29, 0.717) is 6.61 Å². The molecule has 0 aromatic heterocycles. The van der Waals surface area contributed by atoms with Gasteiger partial charge in [0.2, 0.25) is 0 Å². The molecule has 18 heavy (non-hydrogen) atoms. The van der Waals surface area contributed by atoms with Crippen LogP contribution in [0.4, 0.5) is 0 Å². The Morgan fingerprint density at radius 3 is 2.67 bits per heavy atom. The summed E-state index contributed by atoms with van der Waals surface area (Å²) < 4.78 is 5.45. The Balaban J connectivity index is 2.33. The van der Waals surface area contributed by atoms with Crippen molar-refractivity contribution in [1.29, 1.82) is 0 Å². The van der Waals surface area contributed by atoms with Gasteiger partial charge in [-0.15, -0.1) is 6.58 Å². The van der Waals surface area contributed by atoms with Crippen molar-refractivity contribution < 1.29 is 4.74 Å². The zero-order valence-corrected chi connectivity index (χ0v) is 10.6. The lowest BCUT2D eigenvalue weighted by atomic mass is 9.98. The summed E-state index contributed by atoms with van der Waals surface area (Å²) in [4.78, 5) is 0. The third-order valence-electron chi connectivity index (χ3n) is 2.76. The van der Waals surface area contributed by atoms with Crippen molar-refractivity contribution >= 4 is 0 Å². The number of allylic oxidation sites excluding steroid dienone is 1. The fraction of sp³-hybridized carbons (Fsp3) is 0.176. The molecule has 0 spiro atoms. The van der Waals surface area contributed by atoms with Gasteiger partial charge < -0.3 is 4.74 Å². The molecule has 0 saturated heterocycles. The molecular weight excluding hydrogens is 220 g/mol. The van der Waals surface area contributed by atoms with Gasteiger partial charge >= 0.3 is 0 Å². The largest absolute Gasteiger partial charge is 0.494 e. The average Bonchev–Trinajstić information content (AvgIpc) is 2.41. The highest BCUT2D eigenvalue weighted by molar-refractivity contribution is 5.67. The van der Waals surface area contributed by atoms with Gasteiger partial charge in [0.25, 0.3) is 0 Å². The SMILES string of the molecule is C=CCc1ccc[c]c1-c1ccc(OCC)cc1. The Morgan fingerprint density at radius 1 is 1.22 bits per heavy atom. The third kappa shape index (κ3) is 2.80. The van der Waals surface area contributed by atoms with Crippen molar-refractivity contribution in [1.82, 2.24) is 0 Å². The molecule has 0 aliphatic heterocycles. The van der Waals surface area contributed by atoms with E-state index in [0.717, 1.165) is 23.3 Å². The Labute approximate surface area is 109 Å². The van der Waals surface area contributed by atoms with Gasteiger partial charge in [0, 0.05) is 0 Å². The maximum atomic E-state index is 5.45. The summed E-state index contributed by atoms with van der Waals surface area (Å²) in [6, 6.07) is 17.5. The number of hydrogen-bond donors (Lipinski definition) is 0. The maximum absolute atomic E-state index is 5.45. The normalized spacial score (nSPS) is 10.1. The predicted octanol–water partition coefficient (Wildman–Crippen LogP) is 4.28. The molecule has 0 fully saturated rings. The molecule has 0 unspecified atom stereocenters. The molecular formula is C17H17O. The Bertz CT molecular complexity index is 511. The highest BCUT2D eigenvalue weighted by Crippen LogP contribution is 2.25. The predicted molar refractivity (Wildman–Crippen MR) is 75.8 cm³/mol. The fourth-order valence-corrected chi connectivity index (χ4v) is 1.95. The molecule has 2 aromatic carbocycles. The first-order chi connectivity index (χ1) is 8.85. The van der Waals surface area contributed by atoms with E-state index in [4.69, 9.17) is 4.74 Å². The van der Waals surface area contributed by atoms with E-state index in [1.807, 2.05) is 37.3 Å². The van der Waals surface area contributed by atoms with Crippen molar-refractivity contribution in [3.05, 3.63) is 66.7 Å². The monoisotopic (exact) mass is 237 g/mol. The number of hydrogen-bond acceptors (Lipinski definition) is 1. The smallest absolute Gasteiger partial charge is 0.119 e. The van der Waals surface area contributed by atoms with Gasteiger partial charge in [-0.2, -0.15) is 0 Å². The third-order valence-corrected chi connectivity index (χ3v) is 2.76. The summed E-state index contributed by atoms with van der Waals surface area (Å²) in [6.07, 6.45) is 2.78. The molecule has 0 aliphatic carbocycles. The van der Waals surface area contributed by atoms with Crippen molar-refractivity contribution in [2.45, 2.75) is 13.3 Å². The van der Waals surface area contributed by atoms with Crippen LogP contribution in [0.25, 0.3) is 11.1 Å². The van der Waals surface area contributed by atoms with Crippen molar-refractivity contribution in [2.24, 2.45) is 0 Å². The molecule has 1 heteroatoms. The van der Waals surface area contributed by atoms with Crippen LogP contribution in [0.15, 0.2) is 55.1 Å². The maximum Gasteiger partial charge on any atom is 0.119 e. The second-order valence-electron chi connectivity index (χ2n) is 4.02. The van der Waals surface area contributed by atoms with Crippen molar-refractivity contribution in [3.8, 4) is 16.9 Å². The van der Waals surface area contributed by atoms with Crippen LogP contribution < -0.4 is 4.74 Å². The molecule has 0 atom stereocenters. The summed E-state index contributed by atoms with van der Waals surface area (Å²) >= 11 is 0. The lowest BCUT2D eigenvalue weighted by Gasteiger charge is -2.09. The van der Waals surface area contributed by atoms with Crippen LogP contribution in [0.2, 0.25) is 0 Å². The van der Waals surface area contributed by atoms with E-state index in [2.05, 4.69) is 30.8 Å². The van der Waals surface area contributed by atoms with Gasteiger partial charge in [-0.05, 0) is 48.2 Å². The highest BCUT2D eigenvalue weighted by Gasteiger charge is 2.03. The second-order valence-corrected chi connectivity index (χ2v) is 4.02. The van der Waals surface area contributed by atoms with Gasteiger partial charge in [-0.3, -0.25) is 0 Å². The van der Waals surface area contributed by atoms with E-state index in [9.17, 15) is 0 Å². The molecule has 0 heterocycles. The van der Waals surface area contributed by atoms with E-state index in [1.54, 1.807) is 0 Å². The van der Waals surface area contributed by atoms with Crippen LogP contribution >= 0.6 is 0 Å². The summed E-state index contributed by atoms with van der Waals surface area (Å²) in [5.74, 6) is 0.905. The fourth-order valence-electron chi connectivity index (χ4n) is 1.95. The van der Waals surface area contributed by atoms with Crippen LogP contribution in [0.1, 0.15) is 12.5 Å². The van der Waals surface area contributed by atoms with Gasteiger partial charge in [0.15, 0.2) is 0 Å². The first-order valence-electron chi connectivity index (χ1n) is 6.19. The quantitative estimate of drug-likeness (QED) is 0.705. The Hall–Kier alpha value is -2.02. The van der Waals surface area contributed by atoms with E-state index >= 15 is 0 Å². The van der Waals surface area contributed by atoms with E-state index in [1.165, 1.54) is 5.56 Å². The summed E-state index contributed by atoms with van der Waals surface area (Å²) in [5, 5.41) is 0. The molecule has 0 bridgehead atoms. The summed E-state index contributed by atoms with van der Waals surface area (Å²) in [7, 11) is 0. The summed E-state index contributed by atoms with van der Waals surface area (Å²) in [5.41, 5.74) is 3.55. The van der Waals surface area contributed by atoms with Crippen LogP contribution in [0.5, 0.6) is 5.75 Å². The van der Waals surface area contributed by atoms with Crippen molar-refractivity contribution in [2.75, 3.05) is 6.61 Å². The Kier molecular flexibility index (Phi) is 4.19. The minimum atomic E-state index is 0.693. The van der Waals surface area contributed by atoms with Gasteiger partial charge in [-0.1, -0.05) is 36.4 Å². The van der Waals surface area contributed by atoms with Crippen LogP contribution in [0.3, 0.4) is 0 Å². The van der Waals surface area contributed by atoms with Gasteiger partial charge in [-0.25, -0.2) is 0 Å². The molecule has 2 aromatic rings. The second kappa shape index (κ2) is 6.06. The standard InChI is InChI=1S/C17H17O/c1-3-7-14-8-5-6-9-17(14)15-10-12-16(13-11-15)18-4-2/h3,5-6,8,10-13H,1,4,7H2,2H3. The average molecular weight is 237 g/mol. The van der Waals surface area contributed by atoms with E-state index in [-0.39, 0.29) is 0 Å². The molecule has 0 N–H and O–H groups in total. The van der Waals surface area contributed by atoms with Crippen LogP contribution in [-0.4, -0.2) is 6.61 Å².